The topological polar surface area (TPSA) is 60.5 Å². The zero-order valence-corrected chi connectivity index (χ0v) is 16.9. The number of fused-ring (bicyclic) bond motifs is 1. The van der Waals surface area contributed by atoms with Crippen LogP contribution in [0.5, 0.6) is 11.5 Å². The van der Waals surface area contributed by atoms with Crippen molar-refractivity contribution < 1.29 is 14.3 Å². The van der Waals surface area contributed by atoms with Gasteiger partial charge in [0.2, 0.25) is 0 Å². The summed E-state index contributed by atoms with van der Waals surface area (Å²) in [7, 11) is 1.62. The summed E-state index contributed by atoms with van der Waals surface area (Å²) in [6, 6.07) is 11.5. The number of aryl methyl sites for hydroxylation is 1. The minimum Gasteiger partial charge on any atom is -0.497 e. The molecule has 0 saturated carbocycles. The van der Waals surface area contributed by atoms with Crippen LogP contribution in [0.15, 0.2) is 40.9 Å². The number of nitrogens with one attached hydrogen (secondary N) is 1. The van der Waals surface area contributed by atoms with Crippen LogP contribution in [0.4, 0.5) is 5.13 Å². The molecule has 3 aromatic rings. The van der Waals surface area contributed by atoms with Gasteiger partial charge in [-0.25, -0.2) is 4.98 Å². The molecule has 1 N–H and O–H groups in total. The van der Waals surface area contributed by atoms with Gasteiger partial charge in [0.15, 0.2) is 11.7 Å². The van der Waals surface area contributed by atoms with Gasteiger partial charge >= 0.3 is 0 Å². The normalized spacial score (nSPS) is 10.7. The van der Waals surface area contributed by atoms with Crippen molar-refractivity contribution in [2.45, 2.75) is 19.8 Å². The minimum absolute atomic E-state index is 0.0784. The molecular formula is C19H19BrN2O3S. The first-order valence-electron chi connectivity index (χ1n) is 8.24. The lowest BCUT2D eigenvalue weighted by molar-refractivity contribution is -0.118. The summed E-state index contributed by atoms with van der Waals surface area (Å²) in [6.07, 6.45) is 2.10. The van der Waals surface area contributed by atoms with Gasteiger partial charge < -0.3 is 9.47 Å². The van der Waals surface area contributed by atoms with Crippen LogP contribution in [0, 0.1) is 0 Å². The van der Waals surface area contributed by atoms with Gasteiger partial charge in [-0.2, -0.15) is 0 Å². The van der Waals surface area contributed by atoms with E-state index in [1.165, 1.54) is 16.9 Å². The Bertz CT molecular complexity index is 926. The Balaban J connectivity index is 1.60. The molecule has 1 aromatic heterocycles. The van der Waals surface area contributed by atoms with Crippen molar-refractivity contribution in [3.63, 3.8) is 0 Å². The SMILES string of the molecule is CCCc1ccc(OCC(=O)Nc2nc3ccc(OC)cc3s2)c(Br)c1. The fourth-order valence-corrected chi connectivity index (χ4v) is 3.94. The Hall–Kier alpha value is -2.12. The Morgan fingerprint density at radius 2 is 2.12 bits per heavy atom. The molecule has 1 heterocycles. The van der Waals surface area contributed by atoms with E-state index >= 15 is 0 Å². The van der Waals surface area contributed by atoms with Crippen LogP contribution in [-0.4, -0.2) is 24.6 Å². The number of benzene rings is 2. The number of halogens is 1. The van der Waals surface area contributed by atoms with Crippen molar-refractivity contribution in [1.29, 1.82) is 0 Å². The summed E-state index contributed by atoms with van der Waals surface area (Å²) in [5.74, 6) is 1.16. The lowest BCUT2D eigenvalue weighted by atomic mass is 10.1. The summed E-state index contributed by atoms with van der Waals surface area (Å²) in [5.41, 5.74) is 2.06. The molecule has 7 heteroatoms. The Morgan fingerprint density at radius 3 is 2.85 bits per heavy atom. The number of aromatic nitrogens is 1. The number of rotatable bonds is 7. The summed E-state index contributed by atoms with van der Waals surface area (Å²) < 4.78 is 12.6. The highest BCUT2D eigenvalue weighted by Crippen LogP contribution is 2.29. The average Bonchev–Trinajstić information content (AvgIpc) is 3.02. The Kier molecular flexibility index (Phi) is 6.11. The highest BCUT2D eigenvalue weighted by molar-refractivity contribution is 9.10. The number of carbonyl (C=O) groups excluding carboxylic acids is 1. The second-order valence-corrected chi connectivity index (χ2v) is 7.59. The van der Waals surface area contributed by atoms with Crippen molar-refractivity contribution in [2.75, 3.05) is 19.0 Å². The molecule has 2 aromatic carbocycles. The maximum absolute atomic E-state index is 12.2. The summed E-state index contributed by atoms with van der Waals surface area (Å²) in [5, 5.41) is 3.32. The van der Waals surface area contributed by atoms with Gasteiger partial charge in [-0.15, -0.1) is 0 Å². The number of amides is 1. The molecule has 1 amide bonds. The van der Waals surface area contributed by atoms with Gasteiger partial charge in [0.1, 0.15) is 11.5 Å². The van der Waals surface area contributed by atoms with Crippen LogP contribution in [0.3, 0.4) is 0 Å². The first kappa shape index (κ1) is 18.7. The number of hydrogen-bond donors (Lipinski definition) is 1. The van der Waals surface area contributed by atoms with Crippen LogP contribution in [-0.2, 0) is 11.2 Å². The van der Waals surface area contributed by atoms with Crippen LogP contribution in [0.1, 0.15) is 18.9 Å². The van der Waals surface area contributed by atoms with E-state index in [2.05, 4.69) is 33.2 Å². The molecule has 0 saturated heterocycles. The number of hydrogen-bond acceptors (Lipinski definition) is 5. The monoisotopic (exact) mass is 434 g/mol. The van der Waals surface area contributed by atoms with Gasteiger partial charge in [-0.1, -0.05) is 30.7 Å². The summed E-state index contributed by atoms with van der Waals surface area (Å²) >= 11 is 4.89. The third-order valence-electron chi connectivity index (χ3n) is 3.74. The number of ether oxygens (including phenoxy) is 2. The van der Waals surface area contributed by atoms with Crippen LogP contribution >= 0.6 is 27.3 Å². The van der Waals surface area contributed by atoms with Gasteiger partial charge in [0.05, 0.1) is 21.8 Å². The number of carbonyl (C=O) groups is 1. The maximum atomic E-state index is 12.2. The maximum Gasteiger partial charge on any atom is 0.264 e. The first-order valence-corrected chi connectivity index (χ1v) is 9.85. The molecule has 0 bridgehead atoms. The predicted octanol–water partition coefficient (Wildman–Crippen LogP) is 5.04. The predicted molar refractivity (Wildman–Crippen MR) is 108 cm³/mol. The molecule has 0 spiro atoms. The second kappa shape index (κ2) is 8.51. The zero-order chi connectivity index (χ0) is 18.5. The molecule has 0 unspecified atom stereocenters. The molecular weight excluding hydrogens is 416 g/mol. The molecule has 0 aliphatic heterocycles. The van der Waals surface area contributed by atoms with E-state index in [1.54, 1.807) is 7.11 Å². The molecule has 0 fully saturated rings. The summed E-state index contributed by atoms with van der Waals surface area (Å²) in [6.45, 7) is 2.06. The zero-order valence-electron chi connectivity index (χ0n) is 14.5. The van der Waals surface area contributed by atoms with Crippen LogP contribution in [0.2, 0.25) is 0 Å². The average molecular weight is 435 g/mol. The van der Waals surface area contributed by atoms with Crippen LogP contribution < -0.4 is 14.8 Å². The standard InChI is InChI=1S/C19H19BrN2O3S/c1-3-4-12-5-8-16(14(20)9-12)25-11-18(23)22-19-21-15-7-6-13(24-2)10-17(15)26-19/h5-10H,3-4,11H2,1-2H3,(H,21,22,23). The van der Waals surface area contributed by atoms with E-state index in [4.69, 9.17) is 9.47 Å². The fourth-order valence-electron chi connectivity index (χ4n) is 2.49. The summed E-state index contributed by atoms with van der Waals surface area (Å²) in [4.78, 5) is 16.6. The Morgan fingerprint density at radius 1 is 1.27 bits per heavy atom. The van der Waals surface area contributed by atoms with Crippen molar-refractivity contribution in [3.8, 4) is 11.5 Å². The Labute approximate surface area is 164 Å². The molecule has 5 nitrogen and oxygen atoms in total. The molecule has 3 rings (SSSR count). The molecule has 0 radical (unpaired) electrons. The van der Waals surface area contributed by atoms with Crippen molar-refractivity contribution in [1.82, 2.24) is 4.98 Å². The van der Waals surface area contributed by atoms with Crippen molar-refractivity contribution in [2.24, 2.45) is 0 Å². The number of nitrogens with zero attached hydrogens (tertiary/aromatic N) is 1. The van der Waals surface area contributed by atoms with Crippen molar-refractivity contribution >= 4 is 48.5 Å². The van der Waals surface area contributed by atoms with E-state index in [0.29, 0.717) is 10.9 Å². The van der Waals surface area contributed by atoms with E-state index in [-0.39, 0.29) is 12.5 Å². The minimum atomic E-state index is -0.249. The smallest absolute Gasteiger partial charge is 0.264 e. The number of thiazole rings is 1. The lowest BCUT2D eigenvalue weighted by Gasteiger charge is -2.09. The number of methoxy groups -OCH3 is 1. The third-order valence-corrected chi connectivity index (χ3v) is 5.29. The number of anilines is 1. The quantitative estimate of drug-likeness (QED) is 0.565. The van der Waals surface area contributed by atoms with Gasteiger partial charge in [0, 0.05) is 0 Å². The van der Waals surface area contributed by atoms with Gasteiger partial charge in [-0.3, -0.25) is 10.1 Å². The second-order valence-electron chi connectivity index (χ2n) is 5.70. The molecule has 136 valence electrons. The fraction of sp³-hybridized carbons (Fsp3) is 0.263. The van der Waals surface area contributed by atoms with Gasteiger partial charge in [0.25, 0.3) is 5.91 Å². The van der Waals surface area contributed by atoms with Crippen LogP contribution in [0.25, 0.3) is 10.2 Å². The molecule has 26 heavy (non-hydrogen) atoms. The molecule has 0 aliphatic carbocycles. The highest BCUT2D eigenvalue weighted by atomic mass is 79.9. The molecule has 0 aliphatic rings. The lowest BCUT2D eigenvalue weighted by Crippen LogP contribution is -2.20. The van der Waals surface area contributed by atoms with Crippen molar-refractivity contribution in [3.05, 3.63) is 46.4 Å². The third kappa shape index (κ3) is 4.53. The van der Waals surface area contributed by atoms with E-state index < -0.39 is 0 Å². The van der Waals surface area contributed by atoms with E-state index in [1.807, 2.05) is 36.4 Å². The van der Waals surface area contributed by atoms with E-state index in [0.717, 1.165) is 33.3 Å². The highest BCUT2D eigenvalue weighted by Gasteiger charge is 2.10. The largest absolute Gasteiger partial charge is 0.497 e. The van der Waals surface area contributed by atoms with E-state index in [9.17, 15) is 4.79 Å². The molecule has 0 atom stereocenters. The van der Waals surface area contributed by atoms with Gasteiger partial charge in [-0.05, 0) is 58.2 Å². The first-order chi connectivity index (χ1) is 12.6.